The van der Waals surface area contributed by atoms with Crippen molar-refractivity contribution in [3.05, 3.63) is 88.7 Å². The molecule has 1 aromatic heterocycles. The predicted molar refractivity (Wildman–Crippen MR) is 140 cm³/mol. The zero-order chi connectivity index (χ0) is 26.1. The molecule has 1 aliphatic heterocycles. The lowest BCUT2D eigenvalue weighted by Gasteiger charge is -2.34. The van der Waals surface area contributed by atoms with E-state index >= 15 is 0 Å². The summed E-state index contributed by atoms with van der Waals surface area (Å²) in [5.41, 5.74) is 2.45. The van der Waals surface area contributed by atoms with Crippen molar-refractivity contribution < 1.29 is 19.0 Å². The van der Waals surface area contributed by atoms with Crippen molar-refractivity contribution in [2.24, 2.45) is 0 Å². The first-order valence-corrected chi connectivity index (χ1v) is 12.0. The average molecular weight is 503 g/mol. The van der Waals surface area contributed by atoms with E-state index in [1.54, 1.807) is 12.1 Å². The number of carboxylic acids is 1. The Morgan fingerprint density at radius 3 is 2.41 bits per heavy atom. The van der Waals surface area contributed by atoms with Crippen LogP contribution in [-0.4, -0.2) is 65.9 Å². The molecule has 1 unspecified atom stereocenters. The summed E-state index contributed by atoms with van der Waals surface area (Å²) in [6.07, 6.45) is 1.14. The van der Waals surface area contributed by atoms with Crippen LogP contribution in [0.4, 0.5) is 10.1 Å². The van der Waals surface area contributed by atoms with E-state index in [0.29, 0.717) is 5.52 Å². The lowest BCUT2D eigenvalue weighted by Crippen LogP contribution is -2.44. The monoisotopic (exact) mass is 502 g/mol. The molecule has 4 aromatic rings. The lowest BCUT2D eigenvalue weighted by molar-refractivity contribution is -0.139. The Hall–Kier alpha value is -4.24. The number of aromatic nitrogens is 2. The fraction of sp³-hybridized carbons (Fsp3) is 0.250. The van der Waals surface area contributed by atoms with Crippen molar-refractivity contribution >= 4 is 22.6 Å². The summed E-state index contributed by atoms with van der Waals surface area (Å²) in [5, 5.41) is 10.2. The van der Waals surface area contributed by atoms with Gasteiger partial charge in [-0.15, -0.1) is 0 Å². The maximum absolute atomic E-state index is 14.8. The van der Waals surface area contributed by atoms with Crippen molar-refractivity contribution in [2.75, 3.05) is 45.2 Å². The van der Waals surface area contributed by atoms with Crippen LogP contribution in [0.1, 0.15) is 11.6 Å². The third-order valence-electron chi connectivity index (χ3n) is 6.87. The highest BCUT2D eigenvalue weighted by Crippen LogP contribution is 2.31. The second-order valence-corrected chi connectivity index (χ2v) is 9.12. The van der Waals surface area contributed by atoms with Gasteiger partial charge < -0.3 is 19.6 Å². The van der Waals surface area contributed by atoms with Gasteiger partial charge in [0.25, 0.3) is 5.56 Å². The Kier molecular flexibility index (Phi) is 6.62. The van der Waals surface area contributed by atoms with Crippen molar-refractivity contribution in [3.63, 3.8) is 0 Å². The van der Waals surface area contributed by atoms with Crippen LogP contribution in [0.25, 0.3) is 22.0 Å². The van der Waals surface area contributed by atoms with Gasteiger partial charge in [-0.05, 0) is 54.6 Å². The summed E-state index contributed by atoms with van der Waals surface area (Å²) in [5.74, 6) is -2.15. The summed E-state index contributed by atoms with van der Waals surface area (Å²) >= 11 is 0. The normalized spacial score (nSPS) is 15.1. The Morgan fingerprint density at radius 2 is 1.73 bits per heavy atom. The molecule has 37 heavy (non-hydrogen) atoms. The molecule has 1 saturated heterocycles. The molecule has 9 heteroatoms. The maximum atomic E-state index is 14.8. The quantitative estimate of drug-likeness (QED) is 0.431. The predicted octanol–water partition coefficient (Wildman–Crippen LogP) is 3.64. The zero-order valence-corrected chi connectivity index (χ0v) is 20.6. The van der Waals surface area contributed by atoms with E-state index in [1.165, 1.54) is 19.2 Å². The van der Waals surface area contributed by atoms with Gasteiger partial charge in [-0.2, -0.15) is 0 Å². The van der Waals surface area contributed by atoms with Crippen molar-refractivity contribution in [3.8, 4) is 16.9 Å². The van der Waals surface area contributed by atoms with E-state index in [2.05, 4.69) is 34.0 Å². The molecule has 3 aromatic carbocycles. The number of carboxylic acid groups (broad SMARTS) is 1. The van der Waals surface area contributed by atoms with Gasteiger partial charge in [-0.1, -0.05) is 24.3 Å². The molecule has 0 bridgehead atoms. The summed E-state index contributed by atoms with van der Waals surface area (Å²) in [4.78, 5) is 34.7. The highest BCUT2D eigenvalue weighted by atomic mass is 19.1. The van der Waals surface area contributed by atoms with Crippen LogP contribution in [-0.2, 0) is 4.79 Å². The molecule has 8 nitrogen and oxygen atoms in total. The van der Waals surface area contributed by atoms with Gasteiger partial charge in [0.2, 0.25) is 0 Å². The molecular weight excluding hydrogens is 475 g/mol. The fourth-order valence-electron chi connectivity index (χ4n) is 4.77. The van der Waals surface area contributed by atoms with Crippen LogP contribution in [0.15, 0.2) is 71.8 Å². The minimum absolute atomic E-state index is 0.0357. The van der Waals surface area contributed by atoms with Crippen molar-refractivity contribution in [2.45, 2.75) is 6.04 Å². The Bertz CT molecular complexity index is 1510. The SMILES string of the molecule is COc1cccc(F)c1C(C(=O)O)n1cnc2ccc(-c3ccc(N4CCN(C)CC4)cc3)cc2c1=O. The minimum atomic E-state index is -1.65. The minimum Gasteiger partial charge on any atom is -0.496 e. The summed E-state index contributed by atoms with van der Waals surface area (Å²) in [6, 6.07) is 15.8. The second-order valence-electron chi connectivity index (χ2n) is 9.12. The van der Waals surface area contributed by atoms with Gasteiger partial charge in [0, 0.05) is 31.9 Å². The van der Waals surface area contributed by atoms with Crippen LogP contribution in [0, 0.1) is 5.82 Å². The molecule has 0 spiro atoms. The zero-order valence-electron chi connectivity index (χ0n) is 20.6. The summed E-state index contributed by atoms with van der Waals surface area (Å²) < 4.78 is 20.9. The first-order valence-electron chi connectivity index (χ1n) is 12.0. The molecule has 1 N–H and O–H groups in total. The Morgan fingerprint density at radius 1 is 1.03 bits per heavy atom. The van der Waals surface area contributed by atoms with Gasteiger partial charge in [0.05, 0.1) is 29.9 Å². The maximum Gasteiger partial charge on any atom is 0.331 e. The highest BCUT2D eigenvalue weighted by molar-refractivity contribution is 5.85. The van der Waals surface area contributed by atoms with Crippen molar-refractivity contribution in [1.82, 2.24) is 14.5 Å². The molecule has 5 rings (SSSR count). The van der Waals surface area contributed by atoms with Crippen LogP contribution in [0.2, 0.25) is 0 Å². The van der Waals surface area contributed by atoms with Crippen LogP contribution < -0.4 is 15.2 Å². The van der Waals surface area contributed by atoms with Gasteiger partial charge >= 0.3 is 5.97 Å². The van der Waals surface area contributed by atoms with E-state index < -0.39 is 23.4 Å². The standard InChI is InChI=1S/C28H27FN4O4/c1-31-12-14-32(15-13-31)20-9-6-18(7-10-20)19-8-11-23-21(16-19)27(34)33(17-30-23)26(28(35)36)25-22(29)4-3-5-24(25)37-2/h3-11,16-17,26H,12-15H2,1-2H3,(H,35,36). The molecule has 0 radical (unpaired) electrons. The van der Waals surface area contributed by atoms with E-state index in [-0.39, 0.29) is 16.7 Å². The van der Waals surface area contributed by atoms with Gasteiger partial charge in [-0.3, -0.25) is 9.36 Å². The molecule has 0 aliphatic carbocycles. The number of halogens is 1. The van der Waals surface area contributed by atoms with E-state index in [4.69, 9.17) is 4.74 Å². The van der Waals surface area contributed by atoms with Crippen LogP contribution in [0.3, 0.4) is 0 Å². The van der Waals surface area contributed by atoms with Crippen LogP contribution >= 0.6 is 0 Å². The number of likely N-dealkylation sites (N-methyl/N-ethyl adjacent to an activating group) is 1. The van der Waals surface area contributed by atoms with E-state index in [0.717, 1.165) is 60.0 Å². The Balaban J connectivity index is 1.54. The van der Waals surface area contributed by atoms with Crippen molar-refractivity contribution in [1.29, 1.82) is 0 Å². The first kappa shape index (κ1) is 24.5. The van der Waals surface area contributed by atoms with E-state index in [9.17, 15) is 19.1 Å². The van der Waals surface area contributed by atoms with Crippen LogP contribution in [0.5, 0.6) is 5.75 Å². The largest absolute Gasteiger partial charge is 0.496 e. The number of rotatable bonds is 6. The summed E-state index contributed by atoms with van der Waals surface area (Å²) in [7, 11) is 3.44. The Labute approximate surface area is 213 Å². The molecular formula is C28H27FN4O4. The second kappa shape index (κ2) is 10.0. The number of anilines is 1. The number of carbonyl (C=O) groups is 1. The number of nitrogens with zero attached hydrogens (tertiary/aromatic N) is 4. The first-order chi connectivity index (χ1) is 17.9. The molecule has 190 valence electrons. The number of hydrogen-bond acceptors (Lipinski definition) is 6. The number of fused-ring (bicyclic) bond motifs is 1. The number of ether oxygens (including phenoxy) is 1. The third-order valence-corrected chi connectivity index (χ3v) is 6.87. The van der Waals surface area contributed by atoms with Gasteiger partial charge in [-0.25, -0.2) is 14.2 Å². The number of benzene rings is 3. The lowest BCUT2D eigenvalue weighted by atomic mass is 10.0. The molecule has 0 saturated carbocycles. The molecule has 1 fully saturated rings. The summed E-state index contributed by atoms with van der Waals surface area (Å²) in [6.45, 7) is 3.97. The molecule has 1 aliphatic rings. The van der Waals surface area contributed by atoms with Gasteiger partial charge in [0.1, 0.15) is 11.6 Å². The number of hydrogen-bond donors (Lipinski definition) is 1. The number of piperazine rings is 1. The van der Waals surface area contributed by atoms with Gasteiger partial charge in [0.15, 0.2) is 6.04 Å². The van der Waals surface area contributed by atoms with E-state index in [1.807, 2.05) is 18.2 Å². The number of methoxy groups -OCH3 is 1. The smallest absolute Gasteiger partial charge is 0.331 e. The molecule has 1 atom stereocenters. The topological polar surface area (TPSA) is 87.9 Å². The fourth-order valence-corrected chi connectivity index (χ4v) is 4.77. The number of aliphatic carboxylic acids is 1. The average Bonchev–Trinajstić information content (AvgIpc) is 2.91. The molecule has 2 heterocycles. The highest BCUT2D eigenvalue weighted by Gasteiger charge is 2.30. The third kappa shape index (κ3) is 4.65. The molecule has 0 amide bonds.